The Morgan fingerprint density at radius 3 is 2.64 bits per heavy atom. The van der Waals surface area contributed by atoms with Crippen LogP contribution in [-0.2, 0) is 0 Å². The van der Waals surface area contributed by atoms with Crippen LogP contribution in [0.1, 0.15) is 12.5 Å². The lowest BCUT2D eigenvalue weighted by Crippen LogP contribution is -2.49. The minimum absolute atomic E-state index is 0.218. The van der Waals surface area contributed by atoms with Crippen LogP contribution in [0.4, 0.5) is 0 Å². The molecule has 0 amide bonds. The number of likely N-dealkylation sites (N-methyl/N-ethyl adjacent to an activating group) is 1. The fourth-order valence-electron chi connectivity index (χ4n) is 3.23. The van der Waals surface area contributed by atoms with E-state index in [9.17, 15) is 9.90 Å². The predicted molar refractivity (Wildman–Crippen MR) is 97.3 cm³/mol. The van der Waals surface area contributed by atoms with Gasteiger partial charge in [0, 0.05) is 50.2 Å². The van der Waals surface area contributed by atoms with Gasteiger partial charge in [-0.3, -0.25) is 4.90 Å². The zero-order chi connectivity index (χ0) is 17.8. The van der Waals surface area contributed by atoms with E-state index in [0.29, 0.717) is 17.9 Å². The second-order valence-corrected chi connectivity index (χ2v) is 6.61. The number of aliphatic hydroxyl groups excluding tert-OH is 1. The lowest BCUT2D eigenvalue weighted by molar-refractivity contribution is 0.0471. The summed E-state index contributed by atoms with van der Waals surface area (Å²) >= 11 is 0. The number of benzene rings is 1. The van der Waals surface area contributed by atoms with Crippen LogP contribution in [0.2, 0.25) is 0 Å². The first-order chi connectivity index (χ1) is 12.0. The summed E-state index contributed by atoms with van der Waals surface area (Å²) in [6.45, 7) is 10.0. The smallest absolute Gasteiger partial charge is 0.336 e. The molecule has 0 radical (unpaired) electrons. The number of ether oxygens (including phenoxy) is 1. The molecule has 3 rings (SSSR count). The van der Waals surface area contributed by atoms with E-state index in [4.69, 9.17) is 9.15 Å². The summed E-state index contributed by atoms with van der Waals surface area (Å²) in [7, 11) is 0. The highest BCUT2D eigenvalue weighted by atomic mass is 16.5. The lowest BCUT2D eigenvalue weighted by Gasteiger charge is -2.34. The molecule has 6 heteroatoms. The van der Waals surface area contributed by atoms with E-state index in [0.717, 1.165) is 43.7 Å². The maximum absolute atomic E-state index is 11.5. The van der Waals surface area contributed by atoms with Gasteiger partial charge in [0.1, 0.15) is 24.0 Å². The first kappa shape index (κ1) is 17.9. The molecule has 1 aromatic carbocycles. The largest absolute Gasteiger partial charge is 0.491 e. The van der Waals surface area contributed by atoms with Gasteiger partial charge in [-0.1, -0.05) is 6.92 Å². The molecule has 6 nitrogen and oxygen atoms in total. The van der Waals surface area contributed by atoms with E-state index in [-0.39, 0.29) is 12.2 Å². The Labute approximate surface area is 147 Å². The zero-order valence-corrected chi connectivity index (χ0v) is 14.9. The molecule has 0 unspecified atom stereocenters. The summed E-state index contributed by atoms with van der Waals surface area (Å²) < 4.78 is 10.9. The van der Waals surface area contributed by atoms with Crippen LogP contribution >= 0.6 is 0 Å². The van der Waals surface area contributed by atoms with Gasteiger partial charge in [0.25, 0.3) is 0 Å². The molecular formula is C19H26N2O4. The number of hydrogen-bond acceptors (Lipinski definition) is 6. The summed E-state index contributed by atoms with van der Waals surface area (Å²) in [5, 5.41) is 11.1. The van der Waals surface area contributed by atoms with Gasteiger partial charge in [0.2, 0.25) is 0 Å². The van der Waals surface area contributed by atoms with Gasteiger partial charge in [-0.2, -0.15) is 0 Å². The molecule has 2 aromatic rings. The van der Waals surface area contributed by atoms with Crippen molar-refractivity contribution in [3.05, 3.63) is 40.2 Å². The van der Waals surface area contributed by atoms with Crippen LogP contribution in [0.3, 0.4) is 0 Å². The summed E-state index contributed by atoms with van der Waals surface area (Å²) in [5.74, 6) is 0.594. The highest BCUT2D eigenvalue weighted by Crippen LogP contribution is 2.22. The summed E-state index contributed by atoms with van der Waals surface area (Å²) in [6.07, 6.45) is -0.548. The minimum atomic E-state index is -0.548. The molecule has 25 heavy (non-hydrogen) atoms. The fourth-order valence-corrected chi connectivity index (χ4v) is 3.23. The molecule has 0 aliphatic carbocycles. The number of piperazine rings is 1. The van der Waals surface area contributed by atoms with Crippen molar-refractivity contribution in [1.29, 1.82) is 0 Å². The Morgan fingerprint density at radius 1 is 1.20 bits per heavy atom. The average molecular weight is 346 g/mol. The van der Waals surface area contributed by atoms with Crippen LogP contribution in [-0.4, -0.2) is 66.9 Å². The summed E-state index contributed by atoms with van der Waals surface area (Å²) in [4.78, 5) is 16.2. The molecule has 1 saturated heterocycles. The van der Waals surface area contributed by atoms with E-state index in [2.05, 4.69) is 16.7 Å². The van der Waals surface area contributed by atoms with Crippen LogP contribution in [0, 0.1) is 6.92 Å². The maximum Gasteiger partial charge on any atom is 0.336 e. The number of rotatable bonds is 6. The van der Waals surface area contributed by atoms with Gasteiger partial charge in [0.15, 0.2) is 0 Å². The molecule has 136 valence electrons. The molecule has 1 atom stereocenters. The van der Waals surface area contributed by atoms with Crippen molar-refractivity contribution in [3.8, 4) is 5.75 Å². The van der Waals surface area contributed by atoms with Crippen LogP contribution in [0.5, 0.6) is 5.75 Å². The second-order valence-electron chi connectivity index (χ2n) is 6.61. The molecular weight excluding hydrogens is 320 g/mol. The molecule has 2 heterocycles. The van der Waals surface area contributed by atoms with E-state index in [1.807, 2.05) is 19.1 Å². The molecule has 0 saturated carbocycles. The molecule has 1 fully saturated rings. The molecule has 1 aliphatic rings. The average Bonchev–Trinajstić information content (AvgIpc) is 2.60. The van der Waals surface area contributed by atoms with Gasteiger partial charge in [-0.05, 0) is 31.2 Å². The van der Waals surface area contributed by atoms with Crippen molar-refractivity contribution in [3.63, 3.8) is 0 Å². The van der Waals surface area contributed by atoms with Gasteiger partial charge in [-0.25, -0.2) is 4.79 Å². The lowest BCUT2D eigenvalue weighted by atomic mass is 10.1. The first-order valence-electron chi connectivity index (χ1n) is 8.85. The van der Waals surface area contributed by atoms with Crippen molar-refractivity contribution >= 4 is 11.0 Å². The topological polar surface area (TPSA) is 66.2 Å². The molecule has 0 bridgehead atoms. The third-order valence-corrected chi connectivity index (χ3v) is 4.75. The predicted octanol–water partition coefficient (Wildman–Crippen LogP) is 1.48. The van der Waals surface area contributed by atoms with E-state index in [1.54, 1.807) is 6.07 Å². The first-order valence-corrected chi connectivity index (χ1v) is 8.85. The van der Waals surface area contributed by atoms with Crippen molar-refractivity contribution in [2.24, 2.45) is 0 Å². The number of nitrogens with zero attached hydrogens (tertiary/aromatic N) is 2. The molecule has 1 aromatic heterocycles. The van der Waals surface area contributed by atoms with E-state index >= 15 is 0 Å². The Bertz CT molecular complexity index is 766. The molecule has 1 N–H and O–H groups in total. The quantitative estimate of drug-likeness (QED) is 0.799. The maximum atomic E-state index is 11.5. The number of fused-ring (bicyclic) bond motifs is 1. The second kappa shape index (κ2) is 7.99. The van der Waals surface area contributed by atoms with Crippen molar-refractivity contribution in [2.75, 3.05) is 45.9 Å². The van der Waals surface area contributed by atoms with E-state index < -0.39 is 6.10 Å². The third kappa shape index (κ3) is 4.60. The minimum Gasteiger partial charge on any atom is -0.491 e. The molecule has 0 spiro atoms. The highest BCUT2D eigenvalue weighted by Gasteiger charge is 2.18. The van der Waals surface area contributed by atoms with Crippen LogP contribution in [0.25, 0.3) is 11.0 Å². The van der Waals surface area contributed by atoms with Gasteiger partial charge in [0.05, 0.1) is 0 Å². The highest BCUT2D eigenvalue weighted by molar-refractivity contribution is 5.81. The Hall–Kier alpha value is -1.89. The Kier molecular flexibility index (Phi) is 5.73. The van der Waals surface area contributed by atoms with Gasteiger partial charge >= 0.3 is 5.63 Å². The van der Waals surface area contributed by atoms with Crippen LogP contribution in [0.15, 0.2) is 33.5 Å². The van der Waals surface area contributed by atoms with Gasteiger partial charge in [-0.15, -0.1) is 0 Å². The van der Waals surface area contributed by atoms with E-state index in [1.165, 1.54) is 6.07 Å². The number of β-amino-alcohol motifs (C(OH)–C–C–N with tert-alkyl or cyclic N) is 1. The van der Waals surface area contributed by atoms with Crippen molar-refractivity contribution < 1.29 is 14.3 Å². The van der Waals surface area contributed by atoms with Crippen molar-refractivity contribution in [2.45, 2.75) is 20.0 Å². The molecule has 1 aliphatic heterocycles. The monoisotopic (exact) mass is 346 g/mol. The number of aryl methyl sites for hydroxylation is 1. The summed E-state index contributed by atoms with van der Waals surface area (Å²) in [6, 6.07) is 6.89. The SMILES string of the molecule is CCN1CCN(C[C@@H](O)COc2ccc3c(C)cc(=O)oc3c2)CC1. The Balaban J connectivity index is 1.54. The summed E-state index contributed by atoms with van der Waals surface area (Å²) in [5.41, 5.74) is 1.02. The fraction of sp³-hybridized carbons (Fsp3) is 0.526. The van der Waals surface area contributed by atoms with Crippen molar-refractivity contribution in [1.82, 2.24) is 9.80 Å². The number of hydrogen-bond donors (Lipinski definition) is 1. The standard InChI is InChI=1S/C19H26N2O4/c1-3-20-6-8-21(9-7-20)12-15(22)13-24-16-4-5-17-14(2)10-19(23)25-18(17)11-16/h4-5,10-11,15,22H,3,6-9,12-13H2,1-2H3/t15-/m1/s1. The van der Waals surface area contributed by atoms with Gasteiger partial charge < -0.3 is 19.2 Å². The zero-order valence-electron chi connectivity index (χ0n) is 14.9. The Morgan fingerprint density at radius 2 is 1.92 bits per heavy atom. The normalized spacial score (nSPS) is 17.7. The number of aliphatic hydroxyl groups is 1. The third-order valence-electron chi connectivity index (χ3n) is 4.75. The van der Waals surface area contributed by atoms with Crippen LogP contribution < -0.4 is 10.4 Å².